The van der Waals surface area contributed by atoms with Gasteiger partial charge in [-0.25, -0.2) is 0 Å². The van der Waals surface area contributed by atoms with Gasteiger partial charge in [-0.3, -0.25) is 4.18 Å². The van der Waals surface area contributed by atoms with Gasteiger partial charge in [-0.15, -0.1) is 11.8 Å². The first kappa shape index (κ1) is 16.3. The Bertz CT molecular complexity index is 645. The minimum Gasteiger partial charge on any atom is -0.269 e. The van der Waals surface area contributed by atoms with Gasteiger partial charge in [-0.1, -0.05) is 43.3 Å². The van der Waals surface area contributed by atoms with Crippen molar-refractivity contribution in [1.82, 2.24) is 0 Å². The molecule has 1 aromatic carbocycles. The van der Waals surface area contributed by atoms with Crippen molar-refractivity contribution in [3.05, 3.63) is 52.4 Å². The smallest absolute Gasteiger partial charge is 0.267 e. The molecule has 0 radical (unpaired) electrons. The van der Waals surface area contributed by atoms with Gasteiger partial charge in [0.1, 0.15) is 0 Å². The zero-order chi connectivity index (χ0) is 15.3. The summed E-state index contributed by atoms with van der Waals surface area (Å²) < 4.78 is 28.4. The molecule has 1 atom stereocenters. The first-order valence-corrected chi connectivity index (χ1v) is 9.50. The van der Waals surface area contributed by atoms with Gasteiger partial charge in [0.25, 0.3) is 10.1 Å². The molecule has 3 nitrogen and oxygen atoms in total. The highest BCUT2D eigenvalue weighted by Gasteiger charge is 2.21. The molecule has 1 aliphatic heterocycles. The van der Waals surface area contributed by atoms with E-state index in [4.69, 9.17) is 4.18 Å². The van der Waals surface area contributed by atoms with Crippen LogP contribution in [0.2, 0.25) is 0 Å². The van der Waals surface area contributed by atoms with E-state index in [0.717, 1.165) is 11.1 Å². The fourth-order valence-corrected chi connectivity index (χ4v) is 4.00. The summed E-state index contributed by atoms with van der Waals surface area (Å²) in [6.07, 6.45) is 4.70. The lowest BCUT2D eigenvalue weighted by Crippen LogP contribution is -2.18. The highest BCUT2D eigenvalue weighted by atomic mass is 32.2. The molecule has 1 aromatic rings. The van der Waals surface area contributed by atoms with Gasteiger partial charge in [0, 0.05) is 0 Å². The van der Waals surface area contributed by atoms with Crippen molar-refractivity contribution < 1.29 is 12.6 Å². The van der Waals surface area contributed by atoms with Gasteiger partial charge in [0.15, 0.2) is 0 Å². The normalized spacial score (nSPS) is 20.3. The van der Waals surface area contributed by atoms with Crippen LogP contribution in [-0.4, -0.2) is 26.0 Å². The lowest BCUT2D eigenvalue weighted by atomic mass is 10.0. The minimum atomic E-state index is -3.39. The van der Waals surface area contributed by atoms with Crippen LogP contribution in [0.25, 0.3) is 6.08 Å². The highest BCUT2D eigenvalue weighted by molar-refractivity contribution is 8.03. The SMILES string of the molecule is CCCS(=O)(=O)OCC1SC=C/C1=C\c1ccccc1C. The number of allylic oxidation sites excluding steroid dienone is 1. The molecule has 0 N–H and O–H groups in total. The van der Waals surface area contributed by atoms with Crippen molar-refractivity contribution >= 4 is 28.0 Å². The Labute approximate surface area is 131 Å². The molecule has 1 heterocycles. The first-order valence-electron chi connectivity index (χ1n) is 6.98. The van der Waals surface area contributed by atoms with E-state index in [0.29, 0.717) is 6.42 Å². The third-order valence-corrected chi connectivity index (χ3v) is 5.67. The van der Waals surface area contributed by atoms with Crippen molar-refractivity contribution in [2.45, 2.75) is 25.5 Å². The van der Waals surface area contributed by atoms with Gasteiger partial charge >= 0.3 is 0 Å². The van der Waals surface area contributed by atoms with Gasteiger partial charge < -0.3 is 0 Å². The van der Waals surface area contributed by atoms with Crippen LogP contribution < -0.4 is 0 Å². The van der Waals surface area contributed by atoms with Crippen molar-refractivity contribution in [3.8, 4) is 0 Å². The zero-order valence-corrected chi connectivity index (χ0v) is 13.9. The van der Waals surface area contributed by atoms with Gasteiger partial charge in [0.05, 0.1) is 17.6 Å². The van der Waals surface area contributed by atoms with E-state index in [9.17, 15) is 8.42 Å². The fourth-order valence-electron chi connectivity index (χ4n) is 2.08. The van der Waals surface area contributed by atoms with Crippen LogP contribution in [0, 0.1) is 6.92 Å². The molecule has 0 aliphatic carbocycles. The molecule has 1 unspecified atom stereocenters. The summed E-state index contributed by atoms with van der Waals surface area (Å²) >= 11 is 1.60. The minimum absolute atomic E-state index is 0.0382. The zero-order valence-electron chi connectivity index (χ0n) is 12.3. The number of aryl methyl sites for hydroxylation is 1. The Hall–Kier alpha value is -1.04. The van der Waals surface area contributed by atoms with Crippen LogP contribution in [0.4, 0.5) is 0 Å². The molecule has 0 fully saturated rings. The van der Waals surface area contributed by atoms with Crippen molar-refractivity contribution in [2.24, 2.45) is 0 Å². The van der Waals surface area contributed by atoms with Crippen LogP contribution in [0.3, 0.4) is 0 Å². The average molecular weight is 324 g/mol. The molecule has 114 valence electrons. The van der Waals surface area contributed by atoms with Crippen molar-refractivity contribution in [2.75, 3.05) is 12.4 Å². The Balaban J connectivity index is 2.07. The summed E-state index contributed by atoms with van der Waals surface area (Å²) in [5.41, 5.74) is 3.45. The summed E-state index contributed by atoms with van der Waals surface area (Å²) in [4.78, 5) is 0. The van der Waals surface area contributed by atoms with Gasteiger partial charge in [-0.05, 0) is 35.5 Å². The van der Waals surface area contributed by atoms with Gasteiger partial charge in [-0.2, -0.15) is 8.42 Å². The second-order valence-electron chi connectivity index (χ2n) is 4.97. The highest BCUT2D eigenvalue weighted by Crippen LogP contribution is 2.31. The van der Waals surface area contributed by atoms with E-state index in [1.165, 1.54) is 5.56 Å². The molecule has 0 amide bonds. The third kappa shape index (κ3) is 4.73. The molecule has 0 saturated carbocycles. The molecule has 0 saturated heterocycles. The van der Waals surface area contributed by atoms with Crippen LogP contribution in [0.1, 0.15) is 24.5 Å². The number of thioether (sulfide) groups is 1. The lowest BCUT2D eigenvalue weighted by Gasteiger charge is -2.12. The third-order valence-electron chi connectivity index (χ3n) is 3.24. The molecule has 0 bridgehead atoms. The maximum absolute atomic E-state index is 11.6. The molecular weight excluding hydrogens is 304 g/mol. The van der Waals surface area contributed by atoms with E-state index < -0.39 is 10.1 Å². The summed E-state index contributed by atoms with van der Waals surface area (Å²) in [6, 6.07) is 8.14. The van der Waals surface area contributed by atoms with Crippen LogP contribution in [0.15, 0.2) is 41.3 Å². The van der Waals surface area contributed by atoms with E-state index in [-0.39, 0.29) is 17.6 Å². The Morgan fingerprint density at radius 2 is 2.10 bits per heavy atom. The number of rotatable bonds is 6. The molecule has 0 spiro atoms. The van der Waals surface area contributed by atoms with Crippen LogP contribution >= 0.6 is 11.8 Å². The number of hydrogen-bond donors (Lipinski definition) is 0. The lowest BCUT2D eigenvalue weighted by molar-refractivity contribution is 0.327. The monoisotopic (exact) mass is 324 g/mol. The predicted octanol–water partition coefficient (Wildman–Crippen LogP) is 3.76. The second kappa shape index (κ2) is 7.29. The topological polar surface area (TPSA) is 43.4 Å². The standard InChI is InChI=1S/C16H20O3S2/c1-3-10-21(17,18)19-12-16-15(8-9-20-16)11-14-7-5-4-6-13(14)2/h4-9,11,16H,3,10,12H2,1-2H3/b15-11+. The number of hydrogen-bond acceptors (Lipinski definition) is 4. The maximum atomic E-state index is 11.6. The van der Waals surface area contributed by atoms with Crippen molar-refractivity contribution in [1.29, 1.82) is 0 Å². The van der Waals surface area contributed by atoms with Crippen LogP contribution in [-0.2, 0) is 14.3 Å². The average Bonchev–Trinajstić information content (AvgIpc) is 2.87. The second-order valence-corrected chi connectivity index (χ2v) is 7.85. The molecule has 5 heteroatoms. The fraction of sp³-hybridized carbons (Fsp3) is 0.375. The van der Waals surface area contributed by atoms with Gasteiger partial charge in [0.2, 0.25) is 0 Å². The largest absolute Gasteiger partial charge is 0.269 e. The van der Waals surface area contributed by atoms with E-state index >= 15 is 0 Å². The molecule has 21 heavy (non-hydrogen) atoms. The summed E-state index contributed by atoms with van der Waals surface area (Å²) in [6.45, 7) is 4.09. The number of benzene rings is 1. The first-order chi connectivity index (χ1) is 10.0. The summed E-state index contributed by atoms with van der Waals surface area (Å²) in [5, 5.41) is 2.03. The van der Waals surface area contributed by atoms with E-state index in [1.54, 1.807) is 11.8 Å². The molecule has 1 aliphatic rings. The maximum Gasteiger partial charge on any atom is 0.267 e. The Kier molecular flexibility index (Phi) is 5.67. The Morgan fingerprint density at radius 1 is 1.33 bits per heavy atom. The van der Waals surface area contributed by atoms with Crippen molar-refractivity contribution in [3.63, 3.8) is 0 Å². The molecule has 0 aromatic heterocycles. The van der Waals surface area contributed by atoms with Crippen LogP contribution in [0.5, 0.6) is 0 Å². The molecular formula is C16H20O3S2. The Morgan fingerprint density at radius 3 is 2.81 bits per heavy atom. The van der Waals surface area contributed by atoms with E-state index in [1.807, 2.05) is 30.5 Å². The molecule has 2 rings (SSSR count). The quantitative estimate of drug-likeness (QED) is 0.747. The predicted molar refractivity (Wildman–Crippen MR) is 89.7 cm³/mol. The summed E-state index contributed by atoms with van der Waals surface area (Å²) in [5.74, 6) is 0.0780. The summed E-state index contributed by atoms with van der Waals surface area (Å²) in [7, 11) is -3.39. The van der Waals surface area contributed by atoms with E-state index in [2.05, 4.69) is 25.1 Å².